The van der Waals surface area contributed by atoms with Crippen LogP contribution in [0, 0.1) is 6.92 Å². The molecule has 0 heterocycles. The zero-order valence-electron chi connectivity index (χ0n) is 10.6. The van der Waals surface area contributed by atoms with E-state index >= 15 is 0 Å². The number of ether oxygens (including phenoxy) is 1. The summed E-state index contributed by atoms with van der Waals surface area (Å²) in [6.07, 6.45) is 1.17. The molecule has 0 bridgehead atoms. The first kappa shape index (κ1) is 14.4. The van der Waals surface area contributed by atoms with Crippen molar-refractivity contribution in [3.05, 3.63) is 34.4 Å². The Kier molecular flexibility index (Phi) is 5.04. The van der Waals surface area contributed by atoms with Gasteiger partial charge in [-0.05, 0) is 31.1 Å². The molecule has 1 aromatic carbocycles. The van der Waals surface area contributed by atoms with Crippen LogP contribution in [0.25, 0.3) is 0 Å². The fraction of sp³-hybridized carbons (Fsp3) is 0.308. The van der Waals surface area contributed by atoms with Crippen molar-refractivity contribution >= 4 is 23.3 Å². The molecule has 0 aliphatic rings. The lowest BCUT2D eigenvalue weighted by Gasteiger charge is -2.13. The van der Waals surface area contributed by atoms with Gasteiger partial charge < -0.3 is 15.2 Å². The predicted octanol–water partition coefficient (Wildman–Crippen LogP) is 3.10. The third-order valence-corrected chi connectivity index (χ3v) is 2.82. The summed E-state index contributed by atoms with van der Waals surface area (Å²) in [6, 6.07) is 3.60. The first-order valence-corrected chi connectivity index (χ1v) is 5.80. The molecule has 98 valence electrons. The molecule has 0 saturated heterocycles. The number of hydrogen-bond donors (Lipinski definition) is 2. The van der Waals surface area contributed by atoms with Gasteiger partial charge in [-0.1, -0.05) is 11.6 Å². The van der Waals surface area contributed by atoms with Crippen LogP contribution < -0.4 is 10.1 Å². The summed E-state index contributed by atoms with van der Waals surface area (Å²) >= 11 is 6.00. The number of aryl methyl sites for hydroxylation is 1. The number of carboxylic acids is 1. The van der Waals surface area contributed by atoms with Gasteiger partial charge in [-0.15, -0.1) is 0 Å². The van der Waals surface area contributed by atoms with Gasteiger partial charge in [-0.2, -0.15) is 0 Å². The van der Waals surface area contributed by atoms with Gasteiger partial charge in [0.1, 0.15) is 5.75 Å². The Morgan fingerprint density at radius 1 is 1.56 bits per heavy atom. The number of aliphatic carboxylic acids is 1. The van der Waals surface area contributed by atoms with E-state index in [4.69, 9.17) is 21.4 Å². The summed E-state index contributed by atoms with van der Waals surface area (Å²) in [6.45, 7) is 4.08. The molecule has 4 nitrogen and oxygen atoms in total. The number of carboxylic acid groups (broad SMARTS) is 1. The molecule has 0 aliphatic carbocycles. The van der Waals surface area contributed by atoms with Crippen molar-refractivity contribution in [3.63, 3.8) is 0 Å². The second-order valence-corrected chi connectivity index (χ2v) is 4.39. The van der Waals surface area contributed by atoms with Crippen LogP contribution >= 0.6 is 11.6 Å². The molecule has 5 heteroatoms. The third kappa shape index (κ3) is 3.96. The minimum atomic E-state index is -0.950. The van der Waals surface area contributed by atoms with Crippen LogP contribution in [0.2, 0.25) is 5.02 Å². The number of benzene rings is 1. The first-order valence-electron chi connectivity index (χ1n) is 5.42. The normalized spacial score (nSPS) is 11.2. The average Bonchev–Trinajstić information content (AvgIpc) is 2.29. The SMILES string of the molecule is COc1cc(Cl)c(C)cc1NC/C(C)=C/C(=O)O. The van der Waals surface area contributed by atoms with E-state index in [1.807, 2.05) is 13.0 Å². The van der Waals surface area contributed by atoms with Gasteiger partial charge in [0.2, 0.25) is 0 Å². The summed E-state index contributed by atoms with van der Waals surface area (Å²) in [5.41, 5.74) is 2.44. The van der Waals surface area contributed by atoms with Crippen molar-refractivity contribution in [2.45, 2.75) is 13.8 Å². The molecule has 0 saturated carbocycles. The van der Waals surface area contributed by atoms with Crippen LogP contribution in [-0.2, 0) is 4.79 Å². The Morgan fingerprint density at radius 2 is 2.22 bits per heavy atom. The summed E-state index contributed by atoms with van der Waals surface area (Å²) in [5, 5.41) is 12.4. The van der Waals surface area contributed by atoms with Gasteiger partial charge in [-0.25, -0.2) is 4.79 Å². The third-order valence-electron chi connectivity index (χ3n) is 2.41. The lowest BCUT2D eigenvalue weighted by atomic mass is 10.2. The van der Waals surface area contributed by atoms with Crippen LogP contribution in [0.5, 0.6) is 5.75 Å². The number of halogens is 1. The molecular weight excluding hydrogens is 254 g/mol. The van der Waals surface area contributed by atoms with E-state index in [0.717, 1.165) is 16.8 Å². The lowest BCUT2D eigenvalue weighted by Crippen LogP contribution is -2.06. The van der Waals surface area contributed by atoms with Crippen LogP contribution in [0.1, 0.15) is 12.5 Å². The van der Waals surface area contributed by atoms with Gasteiger partial charge in [0.25, 0.3) is 0 Å². The minimum absolute atomic E-state index is 0.434. The highest BCUT2D eigenvalue weighted by atomic mass is 35.5. The molecule has 0 radical (unpaired) electrons. The van der Waals surface area contributed by atoms with Crippen LogP contribution in [0.4, 0.5) is 5.69 Å². The van der Waals surface area contributed by atoms with E-state index in [1.165, 1.54) is 6.08 Å². The number of rotatable bonds is 5. The van der Waals surface area contributed by atoms with Gasteiger partial charge in [-0.3, -0.25) is 0 Å². The van der Waals surface area contributed by atoms with Crippen LogP contribution in [-0.4, -0.2) is 24.7 Å². The molecule has 0 spiro atoms. The number of hydrogen-bond acceptors (Lipinski definition) is 3. The molecule has 1 aromatic rings. The van der Waals surface area contributed by atoms with E-state index in [9.17, 15) is 4.79 Å². The second-order valence-electron chi connectivity index (χ2n) is 3.98. The summed E-state index contributed by atoms with van der Waals surface area (Å²) in [5.74, 6) is -0.317. The molecule has 0 aliphatic heterocycles. The summed E-state index contributed by atoms with van der Waals surface area (Å²) < 4.78 is 5.21. The first-order chi connectivity index (χ1) is 8.43. The van der Waals surface area contributed by atoms with E-state index in [0.29, 0.717) is 17.3 Å². The second kappa shape index (κ2) is 6.31. The Labute approximate surface area is 111 Å². The molecule has 0 atom stereocenters. The maximum Gasteiger partial charge on any atom is 0.328 e. The van der Waals surface area contributed by atoms with E-state index < -0.39 is 5.97 Å². The van der Waals surface area contributed by atoms with Crippen molar-refractivity contribution in [2.75, 3.05) is 19.0 Å². The van der Waals surface area contributed by atoms with Crippen molar-refractivity contribution < 1.29 is 14.6 Å². The van der Waals surface area contributed by atoms with Gasteiger partial charge in [0.05, 0.1) is 12.8 Å². The predicted molar refractivity (Wildman–Crippen MR) is 72.6 cm³/mol. The Balaban J connectivity index is 2.84. The van der Waals surface area contributed by atoms with E-state index in [1.54, 1.807) is 20.1 Å². The van der Waals surface area contributed by atoms with Crippen molar-refractivity contribution in [1.82, 2.24) is 0 Å². The molecule has 0 amide bonds. The molecule has 0 fully saturated rings. The highest BCUT2D eigenvalue weighted by molar-refractivity contribution is 6.31. The largest absolute Gasteiger partial charge is 0.495 e. The number of nitrogens with one attached hydrogen (secondary N) is 1. The fourth-order valence-corrected chi connectivity index (χ4v) is 1.62. The minimum Gasteiger partial charge on any atom is -0.495 e. The fourth-order valence-electron chi connectivity index (χ4n) is 1.47. The summed E-state index contributed by atoms with van der Waals surface area (Å²) in [7, 11) is 1.56. The molecular formula is C13H16ClNO3. The maximum absolute atomic E-state index is 10.5. The van der Waals surface area contributed by atoms with Crippen LogP contribution in [0.15, 0.2) is 23.8 Å². The van der Waals surface area contributed by atoms with Gasteiger partial charge >= 0.3 is 5.97 Å². The zero-order chi connectivity index (χ0) is 13.7. The maximum atomic E-state index is 10.5. The zero-order valence-corrected chi connectivity index (χ0v) is 11.3. The number of methoxy groups -OCH3 is 1. The number of anilines is 1. The Hall–Kier alpha value is -1.68. The molecule has 18 heavy (non-hydrogen) atoms. The average molecular weight is 270 g/mol. The van der Waals surface area contributed by atoms with Gasteiger partial charge in [0.15, 0.2) is 0 Å². The van der Waals surface area contributed by atoms with E-state index in [-0.39, 0.29) is 0 Å². The van der Waals surface area contributed by atoms with Gasteiger partial charge in [0, 0.05) is 23.7 Å². The Bertz CT molecular complexity index is 483. The standard InChI is InChI=1S/C13H16ClNO3/c1-8(4-13(16)17)7-15-11-5-9(2)10(14)6-12(11)18-3/h4-6,15H,7H2,1-3H3,(H,16,17)/b8-4+. The van der Waals surface area contributed by atoms with Crippen molar-refractivity contribution in [1.29, 1.82) is 0 Å². The quantitative estimate of drug-likeness (QED) is 0.807. The molecule has 1 rings (SSSR count). The van der Waals surface area contributed by atoms with Crippen molar-refractivity contribution in [3.8, 4) is 5.75 Å². The highest BCUT2D eigenvalue weighted by Gasteiger charge is 2.06. The van der Waals surface area contributed by atoms with Crippen LogP contribution in [0.3, 0.4) is 0 Å². The molecule has 0 unspecified atom stereocenters. The number of carbonyl (C=O) groups is 1. The van der Waals surface area contributed by atoms with Crippen molar-refractivity contribution in [2.24, 2.45) is 0 Å². The lowest BCUT2D eigenvalue weighted by molar-refractivity contribution is -0.131. The Morgan fingerprint density at radius 3 is 2.78 bits per heavy atom. The summed E-state index contributed by atoms with van der Waals surface area (Å²) in [4.78, 5) is 10.5. The molecule has 0 aromatic heterocycles. The highest BCUT2D eigenvalue weighted by Crippen LogP contribution is 2.30. The smallest absolute Gasteiger partial charge is 0.328 e. The monoisotopic (exact) mass is 269 g/mol. The van der Waals surface area contributed by atoms with E-state index in [2.05, 4.69) is 5.32 Å². The topological polar surface area (TPSA) is 58.6 Å². The molecule has 2 N–H and O–H groups in total.